The highest BCUT2D eigenvalue weighted by Crippen LogP contribution is 2.51. The van der Waals surface area contributed by atoms with Crippen molar-refractivity contribution in [1.82, 2.24) is 9.97 Å². The zero-order valence-corrected chi connectivity index (χ0v) is 20.3. The standard InChI is InChI=1S/C27H25N5O3S/c28-27-17(3-2-8-29-27)16-30-18-6-7-22-24(13-18)36-23-5-1-4-20(26(23)35-22)21-14-19(15-25(33)31-21)32-9-11-34-12-10-32/h1-8,13-15,30H,9-12,16H2,(H2,28,29)(H,31,33). The average molecular weight is 500 g/mol. The molecule has 0 aliphatic carbocycles. The molecule has 2 aromatic heterocycles. The molecule has 2 aromatic carbocycles. The van der Waals surface area contributed by atoms with Crippen LogP contribution in [-0.4, -0.2) is 36.3 Å². The Balaban J connectivity index is 1.27. The molecule has 182 valence electrons. The number of nitrogens with two attached hydrogens (primary N) is 1. The maximum absolute atomic E-state index is 12.5. The number of rotatable bonds is 5. The second-order valence-electron chi connectivity index (χ2n) is 8.62. The number of benzene rings is 2. The lowest BCUT2D eigenvalue weighted by atomic mass is 10.1. The molecule has 4 heterocycles. The first-order chi connectivity index (χ1) is 17.6. The molecule has 4 aromatic rings. The fourth-order valence-electron chi connectivity index (χ4n) is 4.40. The van der Waals surface area contributed by atoms with Crippen LogP contribution in [0.25, 0.3) is 11.3 Å². The lowest BCUT2D eigenvalue weighted by Crippen LogP contribution is -2.36. The summed E-state index contributed by atoms with van der Waals surface area (Å²) in [5.74, 6) is 2.05. The molecule has 0 saturated carbocycles. The first-order valence-corrected chi connectivity index (χ1v) is 12.6. The number of para-hydroxylation sites is 1. The summed E-state index contributed by atoms with van der Waals surface area (Å²) in [6.45, 7) is 3.42. The number of nitrogens with one attached hydrogen (secondary N) is 2. The van der Waals surface area contributed by atoms with E-state index in [0.717, 1.165) is 62.6 Å². The van der Waals surface area contributed by atoms with Gasteiger partial charge in [-0.1, -0.05) is 23.9 Å². The fourth-order valence-corrected chi connectivity index (χ4v) is 5.42. The molecular formula is C27H25N5O3S. The van der Waals surface area contributed by atoms with Gasteiger partial charge in [0, 0.05) is 54.4 Å². The van der Waals surface area contributed by atoms with E-state index in [0.29, 0.717) is 25.6 Å². The van der Waals surface area contributed by atoms with Gasteiger partial charge >= 0.3 is 0 Å². The van der Waals surface area contributed by atoms with E-state index in [1.807, 2.05) is 48.5 Å². The summed E-state index contributed by atoms with van der Waals surface area (Å²) in [7, 11) is 0. The quantitative estimate of drug-likeness (QED) is 0.319. The van der Waals surface area contributed by atoms with Crippen molar-refractivity contribution in [3.63, 3.8) is 0 Å². The molecule has 0 radical (unpaired) electrons. The predicted octanol–water partition coefficient (Wildman–Crippen LogP) is 4.72. The van der Waals surface area contributed by atoms with Gasteiger partial charge in [-0.3, -0.25) is 4.79 Å². The van der Waals surface area contributed by atoms with E-state index in [4.69, 9.17) is 15.2 Å². The number of anilines is 3. The Kier molecular flexibility index (Phi) is 6.00. The third kappa shape index (κ3) is 4.50. The molecule has 9 heteroatoms. The van der Waals surface area contributed by atoms with Crippen molar-refractivity contribution in [2.45, 2.75) is 16.3 Å². The van der Waals surface area contributed by atoms with Gasteiger partial charge in [0.1, 0.15) is 11.6 Å². The lowest BCUT2D eigenvalue weighted by Gasteiger charge is -2.29. The maximum Gasteiger partial charge on any atom is 0.250 e. The van der Waals surface area contributed by atoms with Crippen molar-refractivity contribution < 1.29 is 9.47 Å². The van der Waals surface area contributed by atoms with Crippen LogP contribution >= 0.6 is 11.8 Å². The molecule has 1 fully saturated rings. The minimum atomic E-state index is -0.138. The van der Waals surface area contributed by atoms with E-state index in [1.54, 1.807) is 24.0 Å². The number of H-pyrrole nitrogens is 1. The molecule has 0 unspecified atom stereocenters. The fraction of sp³-hybridized carbons (Fsp3) is 0.185. The van der Waals surface area contributed by atoms with Gasteiger partial charge in [0.25, 0.3) is 0 Å². The summed E-state index contributed by atoms with van der Waals surface area (Å²) in [6, 6.07) is 19.5. The minimum absolute atomic E-state index is 0.138. The van der Waals surface area contributed by atoms with Crippen LogP contribution in [0.1, 0.15) is 5.56 Å². The van der Waals surface area contributed by atoms with Crippen molar-refractivity contribution in [3.05, 3.63) is 82.8 Å². The molecule has 0 bridgehead atoms. The second kappa shape index (κ2) is 9.60. The molecule has 8 nitrogen and oxygen atoms in total. The van der Waals surface area contributed by atoms with Crippen LogP contribution < -0.4 is 26.2 Å². The van der Waals surface area contributed by atoms with Crippen LogP contribution in [-0.2, 0) is 11.3 Å². The van der Waals surface area contributed by atoms with Crippen LogP contribution in [0.3, 0.4) is 0 Å². The number of aromatic amines is 1. The number of fused-ring (bicyclic) bond motifs is 2. The van der Waals surface area contributed by atoms with Gasteiger partial charge in [-0.15, -0.1) is 0 Å². The zero-order valence-electron chi connectivity index (χ0n) is 19.5. The van der Waals surface area contributed by atoms with Gasteiger partial charge in [0.15, 0.2) is 5.75 Å². The summed E-state index contributed by atoms with van der Waals surface area (Å²) < 4.78 is 11.9. The Morgan fingerprint density at radius 1 is 1.06 bits per heavy atom. The predicted molar refractivity (Wildman–Crippen MR) is 142 cm³/mol. The second-order valence-corrected chi connectivity index (χ2v) is 9.70. The molecule has 0 atom stereocenters. The Hall–Kier alpha value is -3.95. The molecule has 1 saturated heterocycles. The number of ether oxygens (including phenoxy) is 2. The van der Waals surface area contributed by atoms with Gasteiger partial charge < -0.3 is 30.4 Å². The van der Waals surface area contributed by atoms with Crippen LogP contribution in [0.2, 0.25) is 0 Å². The van der Waals surface area contributed by atoms with Crippen molar-refractivity contribution in [3.8, 4) is 22.8 Å². The third-order valence-electron chi connectivity index (χ3n) is 6.26. The maximum atomic E-state index is 12.5. The zero-order chi connectivity index (χ0) is 24.5. The number of nitrogen functional groups attached to an aromatic ring is 1. The van der Waals surface area contributed by atoms with Crippen LogP contribution in [0.4, 0.5) is 17.2 Å². The van der Waals surface area contributed by atoms with Gasteiger partial charge in [0.2, 0.25) is 5.56 Å². The number of hydrogen-bond acceptors (Lipinski definition) is 8. The summed E-state index contributed by atoms with van der Waals surface area (Å²) in [5.41, 5.74) is 10.2. The van der Waals surface area contributed by atoms with E-state index in [-0.39, 0.29) is 5.56 Å². The van der Waals surface area contributed by atoms with Crippen LogP contribution in [0, 0.1) is 0 Å². The number of hydrogen-bond donors (Lipinski definition) is 3. The monoisotopic (exact) mass is 499 g/mol. The molecule has 2 aliphatic heterocycles. The van der Waals surface area contributed by atoms with Crippen LogP contribution in [0.5, 0.6) is 11.5 Å². The summed E-state index contributed by atoms with van der Waals surface area (Å²) in [5, 5.41) is 3.41. The smallest absolute Gasteiger partial charge is 0.250 e. The topological polar surface area (TPSA) is 105 Å². The van der Waals surface area contributed by atoms with Crippen molar-refractivity contribution in [1.29, 1.82) is 0 Å². The summed E-state index contributed by atoms with van der Waals surface area (Å²) >= 11 is 1.65. The molecule has 36 heavy (non-hydrogen) atoms. The third-order valence-corrected chi connectivity index (χ3v) is 7.34. The van der Waals surface area contributed by atoms with Crippen LogP contribution in [0.15, 0.2) is 81.4 Å². The Morgan fingerprint density at radius 2 is 1.94 bits per heavy atom. The van der Waals surface area contributed by atoms with Crippen molar-refractivity contribution in [2.75, 3.05) is 42.3 Å². The molecule has 0 spiro atoms. The molecule has 6 rings (SSSR count). The number of aromatic nitrogens is 2. The molecule has 2 aliphatic rings. The first kappa shape index (κ1) is 22.5. The van der Waals surface area contributed by atoms with E-state index >= 15 is 0 Å². The Morgan fingerprint density at radius 3 is 2.81 bits per heavy atom. The summed E-state index contributed by atoms with van der Waals surface area (Å²) in [4.78, 5) is 23.9. The van der Waals surface area contributed by atoms with E-state index in [2.05, 4.69) is 26.3 Å². The Bertz CT molecular complexity index is 1480. The average Bonchev–Trinajstić information content (AvgIpc) is 2.91. The highest BCUT2D eigenvalue weighted by atomic mass is 32.2. The number of nitrogens with zero attached hydrogens (tertiary/aromatic N) is 2. The van der Waals surface area contributed by atoms with E-state index in [9.17, 15) is 4.79 Å². The van der Waals surface area contributed by atoms with E-state index in [1.165, 1.54) is 0 Å². The van der Waals surface area contributed by atoms with Crippen molar-refractivity contribution in [2.24, 2.45) is 0 Å². The largest absolute Gasteiger partial charge is 0.454 e. The van der Waals surface area contributed by atoms with Gasteiger partial charge in [-0.05, 0) is 42.5 Å². The van der Waals surface area contributed by atoms with Gasteiger partial charge in [0.05, 0.1) is 28.7 Å². The normalized spacial score (nSPS) is 14.5. The minimum Gasteiger partial charge on any atom is -0.454 e. The van der Waals surface area contributed by atoms with E-state index < -0.39 is 0 Å². The van der Waals surface area contributed by atoms with Crippen molar-refractivity contribution >= 4 is 29.0 Å². The summed E-state index contributed by atoms with van der Waals surface area (Å²) in [6.07, 6.45) is 1.69. The first-order valence-electron chi connectivity index (χ1n) is 11.8. The number of morpholine rings is 1. The van der Waals surface area contributed by atoms with Gasteiger partial charge in [-0.2, -0.15) is 0 Å². The lowest BCUT2D eigenvalue weighted by molar-refractivity contribution is 0.122. The molecular weight excluding hydrogens is 474 g/mol. The SMILES string of the molecule is Nc1ncccc1CNc1ccc2c(c1)Sc1cccc(-c3cc(N4CCOCC4)cc(=O)[nH]3)c1O2. The highest BCUT2D eigenvalue weighted by molar-refractivity contribution is 7.99. The highest BCUT2D eigenvalue weighted by Gasteiger charge is 2.23. The Labute approximate surface area is 212 Å². The number of pyridine rings is 2. The van der Waals surface area contributed by atoms with Gasteiger partial charge in [-0.25, -0.2) is 4.98 Å². The molecule has 0 amide bonds. The molecule has 4 N–H and O–H groups in total.